The number of alkyl halides is 1. The van der Waals surface area contributed by atoms with E-state index >= 15 is 0 Å². The lowest BCUT2D eigenvalue weighted by Gasteiger charge is -2.58. The molecule has 146 valence electrons. The number of anilines is 1. The molecule has 0 heterocycles. The normalized spacial score (nSPS) is 33.7. The van der Waals surface area contributed by atoms with Gasteiger partial charge in [0.15, 0.2) is 6.61 Å². The fourth-order valence-corrected chi connectivity index (χ4v) is 6.56. The van der Waals surface area contributed by atoms with E-state index < -0.39 is 5.41 Å². The molecule has 27 heavy (non-hydrogen) atoms. The van der Waals surface area contributed by atoms with Crippen LogP contribution in [0.15, 0.2) is 24.3 Å². The monoisotopic (exact) mass is 393 g/mol. The van der Waals surface area contributed by atoms with E-state index in [9.17, 15) is 14.0 Å². The second-order valence-electron chi connectivity index (χ2n) is 8.58. The lowest BCUT2D eigenvalue weighted by molar-refractivity contribution is -0.171. The number of benzene rings is 1. The van der Waals surface area contributed by atoms with Crippen molar-refractivity contribution in [3.8, 4) is 0 Å². The number of nitrogens with zero attached hydrogens (tertiary/aromatic N) is 1. The maximum absolute atomic E-state index is 13.1. The zero-order valence-corrected chi connectivity index (χ0v) is 16.3. The molecule has 1 amide bonds. The molecule has 4 atom stereocenters. The van der Waals surface area contributed by atoms with Crippen molar-refractivity contribution in [3.63, 3.8) is 0 Å². The van der Waals surface area contributed by atoms with Crippen LogP contribution < -0.4 is 4.90 Å². The van der Waals surface area contributed by atoms with Crippen LogP contribution in [0.25, 0.3) is 0 Å². The molecule has 1 aromatic carbocycles. The van der Waals surface area contributed by atoms with Crippen LogP contribution in [-0.4, -0.2) is 29.9 Å². The number of carbonyl (C=O) groups is 2. The topological polar surface area (TPSA) is 46.6 Å². The second-order valence-corrected chi connectivity index (χ2v) is 9.38. The average Bonchev–Trinajstić information content (AvgIpc) is 2.59. The number of rotatable bonds is 5. The highest BCUT2D eigenvalue weighted by Crippen LogP contribution is 2.64. The lowest BCUT2D eigenvalue weighted by Crippen LogP contribution is -2.56. The van der Waals surface area contributed by atoms with Crippen molar-refractivity contribution in [3.05, 3.63) is 30.1 Å². The molecule has 4 nitrogen and oxygen atoms in total. The van der Waals surface area contributed by atoms with Gasteiger partial charge in [0.25, 0.3) is 5.91 Å². The van der Waals surface area contributed by atoms with Crippen molar-refractivity contribution < 1.29 is 18.7 Å². The first-order valence-electron chi connectivity index (χ1n) is 9.75. The Morgan fingerprint density at radius 2 is 1.81 bits per heavy atom. The van der Waals surface area contributed by atoms with E-state index in [0.29, 0.717) is 30.5 Å². The molecule has 4 aliphatic carbocycles. The predicted octanol–water partition coefficient (Wildman–Crippen LogP) is 4.30. The van der Waals surface area contributed by atoms with Crippen molar-refractivity contribution in [2.24, 2.45) is 17.3 Å². The van der Waals surface area contributed by atoms with Gasteiger partial charge >= 0.3 is 5.97 Å². The number of hydrogen-bond donors (Lipinski definition) is 0. The minimum Gasteiger partial charge on any atom is -0.455 e. The summed E-state index contributed by atoms with van der Waals surface area (Å²) in [6.07, 6.45) is 5.48. The summed E-state index contributed by atoms with van der Waals surface area (Å²) in [6, 6.07) is 5.73. The van der Waals surface area contributed by atoms with Gasteiger partial charge in [-0.3, -0.25) is 9.59 Å². The molecule has 0 spiro atoms. The van der Waals surface area contributed by atoms with E-state index in [1.165, 1.54) is 17.0 Å². The van der Waals surface area contributed by atoms with E-state index in [0.717, 1.165) is 32.1 Å². The van der Waals surface area contributed by atoms with Gasteiger partial charge < -0.3 is 9.64 Å². The third kappa shape index (κ3) is 3.46. The molecular weight excluding hydrogens is 369 g/mol. The van der Waals surface area contributed by atoms with Crippen LogP contribution in [0.2, 0.25) is 0 Å². The van der Waals surface area contributed by atoms with Crippen LogP contribution in [0.5, 0.6) is 0 Å². The first kappa shape index (κ1) is 18.7. The van der Waals surface area contributed by atoms with Gasteiger partial charge in [-0.2, -0.15) is 0 Å². The summed E-state index contributed by atoms with van der Waals surface area (Å²) < 4.78 is 18.6. The molecule has 0 N–H and O–H groups in total. The van der Waals surface area contributed by atoms with Gasteiger partial charge in [-0.05, 0) is 81.5 Å². The van der Waals surface area contributed by atoms with E-state index in [-0.39, 0.29) is 29.2 Å². The van der Waals surface area contributed by atoms with Crippen LogP contribution in [-0.2, 0) is 14.3 Å². The first-order chi connectivity index (χ1) is 12.8. The van der Waals surface area contributed by atoms with Gasteiger partial charge in [-0.1, -0.05) is 0 Å². The van der Waals surface area contributed by atoms with E-state index in [1.54, 1.807) is 12.1 Å². The summed E-state index contributed by atoms with van der Waals surface area (Å²) in [5.41, 5.74) is 0.0772. The van der Waals surface area contributed by atoms with Gasteiger partial charge in [-0.15, -0.1) is 11.6 Å². The molecule has 5 rings (SSSR count). The highest BCUT2D eigenvalue weighted by Gasteiger charge is 2.60. The fourth-order valence-electron chi connectivity index (χ4n) is 5.87. The Morgan fingerprint density at radius 1 is 1.19 bits per heavy atom. The van der Waals surface area contributed by atoms with Crippen LogP contribution in [0.1, 0.15) is 45.4 Å². The molecule has 4 aliphatic rings. The maximum Gasteiger partial charge on any atom is 0.312 e. The fraction of sp³-hybridized carbons (Fsp3) is 0.619. The van der Waals surface area contributed by atoms with Crippen LogP contribution in [0.3, 0.4) is 0 Å². The van der Waals surface area contributed by atoms with Gasteiger partial charge in [0, 0.05) is 17.1 Å². The molecule has 4 fully saturated rings. The summed E-state index contributed by atoms with van der Waals surface area (Å²) in [5, 5.41) is 0. The quantitative estimate of drug-likeness (QED) is 0.553. The van der Waals surface area contributed by atoms with Crippen molar-refractivity contribution in [1.82, 2.24) is 0 Å². The highest BCUT2D eigenvalue weighted by atomic mass is 35.5. The molecule has 6 heteroatoms. The van der Waals surface area contributed by atoms with E-state index in [1.807, 2.05) is 6.92 Å². The number of hydrogen-bond acceptors (Lipinski definition) is 3. The third-order valence-electron chi connectivity index (χ3n) is 6.51. The van der Waals surface area contributed by atoms with Gasteiger partial charge in [0.1, 0.15) is 5.82 Å². The minimum absolute atomic E-state index is 0.267. The van der Waals surface area contributed by atoms with Gasteiger partial charge in [-0.25, -0.2) is 4.39 Å². The van der Waals surface area contributed by atoms with Gasteiger partial charge in [0.05, 0.1) is 5.41 Å². The molecule has 4 saturated carbocycles. The van der Waals surface area contributed by atoms with Crippen molar-refractivity contribution in [2.45, 2.75) is 50.3 Å². The number of carbonyl (C=O) groups excluding carboxylic acids is 2. The summed E-state index contributed by atoms with van der Waals surface area (Å²) in [7, 11) is 0. The van der Waals surface area contributed by atoms with E-state index in [4.69, 9.17) is 16.3 Å². The summed E-state index contributed by atoms with van der Waals surface area (Å²) >= 11 is 6.78. The standard InChI is InChI=1S/C21H25ClFNO3/c1-2-24(17-5-3-16(23)4-6-17)18(25)12-27-19(26)20-8-14-7-15(9-20)11-21(22,10-14)13-20/h3-6,14-15H,2,7-13H2,1H3/t14-,15+,20?,21?. The van der Waals surface area contributed by atoms with Crippen LogP contribution in [0.4, 0.5) is 10.1 Å². The van der Waals surface area contributed by atoms with Crippen molar-refractivity contribution in [1.29, 1.82) is 0 Å². The molecular formula is C21H25ClFNO3. The molecule has 0 aromatic heterocycles. The lowest BCUT2D eigenvalue weighted by atomic mass is 9.49. The number of ether oxygens (including phenoxy) is 1. The molecule has 0 aliphatic heterocycles. The van der Waals surface area contributed by atoms with Crippen LogP contribution >= 0.6 is 11.6 Å². The summed E-state index contributed by atoms with van der Waals surface area (Å²) in [4.78, 5) is 26.7. The molecule has 2 unspecified atom stereocenters. The Balaban J connectivity index is 1.41. The minimum atomic E-state index is -0.515. The number of halogens is 2. The first-order valence-corrected chi connectivity index (χ1v) is 10.1. The maximum atomic E-state index is 13.1. The molecule has 0 radical (unpaired) electrons. The third-order valence-corrected chi connectivity index (χ3v) is 6.95. The molecule has 4 bridgehead atoms. The Kier molecular flexibility index (Phi) is 4.69. The predicted molar refractivity (Wildman–Crippen MR) is 101 cm³/mol. The second kappa shape index (κ2) is 6.77. The molecule has 1 aromatic rings. The smallest absolute Gasteiger partial charge is 0.312 e. The number of amides is 1. The van der Waals surface area contributed by atoms with Crippen molar-refractivity contribution >= 4 is 29.2 Å². The Hall–Kier alpha value is -1.62. The highest BCUT2D eigenvalue weighted by molar-refractivity contribution is 6.24. The Bertz CT molecular complexity index is 736. The SMILES string of the molecule is CCN(C(=O)COC(=O)C12C[C@@H]3C[C@@H](CC(Cl)(C3)C1)C2)c1ccc(F)cc1. The van der Waals surface area contributed by atoms with Crippen molar-refractivity contribution in [2.75, 3.05) is 18.1 Å². The Labute approximate surface area is 164 Å². The van der Waals surface area contributed by atoms with E-state index in [2.05, 4.69) is 0 Å². The Morgan fingerprint density at radius 3 is 2.37 bits per heavy atom. The number of esters is 1. The summed E-state index contributed by atoms with van der Waals surface area (Å²) in [5.74, 6) is 0.0649. The average molecular weight is 394 g/mol. The van der Waals surface area contributed by atoms with Gasteiger partial charge in [0.2, 0.25) is 0 Å². The summed E-state index contributed by atoms with van der Waals surface area (Å²) in [6.45, 7) is 1.96. The number of likely N-dealkylation sites (N-methyl/N-ethyl adjacent to an activating group) is 1. The van der Waals surface area contributed by atoms with Crippen LogP contribution in [0, 0.1) is 23.1 Å². The zero-order valence-electron chi connectivity index (χ0n) is 15.5. The molecule has 0 saturated heterocycles. The zero-order chi connectivity index (χ0) is 19.2. The largest absolute Gasteiger partial charge is 0.455 e.